The number of nitro benzene ring substituents is 1. The first-order valence-corrected chi connectivity index (χ1v) is 6.14. The molecule has 0 aliphatic heterocycles. The third-order valence-corrected chi connectivity index (χ3v) is 2.99. The molecule has 7 heteroatoms. The van der Waals surface area contributed by atoms with Crippen LogP contribution < -0.4 is 16.0 Å². The number of nitrogens with two attached hydrogens (primary N) is 1. The van der Waals surface area contributed by atoms with Crippen molar-refractivity contribution in [3.05, 3.63) is 63.5 Å². The van der Waals surface area contributed by atoms with Crippen LogP contribution in [0.5, 0.6) is 5.75 Å². The van der Waals surface area contributed by atoms with E-state index in [0.29, 0.717) is 16.9 Å². The van der Waals surface area contributed by atoms with E-state index in [1.807, 2.05) is 0 Å². The number of anilines is 1. The number of rotatable bonds is 5. The molecule has 2 aromatic rings. The zero-order chi connectivity index (χ0) is 15.4. The molecule has 0 aliphatic rings. The molecule has 0 aliphatic carbocycles. The number of nitro groups is 1. The maximum Gasteiger partial charge on any atom is 0.294 e. The molecule has 0 bridgehead atoms. The zero-order valence-corrected chi connectivity index (χ0v) is 11.3. The van der Waals surface area contributed by atoms with Gasteiger partial charge in [0.05, 0.1) is 4.92 Å². The minimum absolute atomic E-state index is 0.0757. The molecule has 0 aromatic heterocycles. The molecule has 21 heavy (non-hydrogen) atoms. The lowest BCUT2D eigenvalue weighted by Crippen LogP contribution is -2.12. The van der Waals surface area contributed by atoms with E-state index in [0.717, 1.165) is 0 Å². The van der Waals surface area contributed by atoms with Crippen molar-refractivity contribution in [1.29, 1.82) is 0 Å². The first-order chi connectivity index (χ1) is 10.0. The quantitative estimate of drug-likeness (QED) is 0.502. The van der Waals surface area contributed by atoms with Crippen LogP contribution in [0.4, 0.5) is 15.8 Å². The number of aryl methyl sites for hydroxylation is 1. The second-order valence-electron chi connectivity index (χ2n) is 4.41. The van der Waals surface area contributed by atoms with Gasteiger partial charge in [0, 0.05) is 11.6 Å². The van der Waals surface area contributed by atoms with Crippen molar-refractivity contribution in [2.75, 3.05) is 5.43 Å². The van der Waals surface area contributed by atoms with Gasteiger partial charge in [-0.1, -0.05) is 12.1 Å². The Morgan fingerprint density at radius 1 is 1.38 bits per heavy atom. The Kier molecular flexibility index (Phi) is 4.34. The normalized spacial score (nSPS) is 10.2. The van der Waals surface area contributed by atoms with Crippen molar-refractivity contribution in [2.45, 2.75) is 13.5 Å². The van der Waals surface area contributed by atoms with E-state index in [1.165, 1.54) is 18.2 Å². The van der Waals surface area contributed by atoms with E-state index in [4.69, 9.17) is 10.6 Å². The first kappa shape index (κ1) is 14.7. The number of para-hydroxylation sites is 1. The number of benzene rings is 2. The topological polar surface area (TPSA) is 90.4 Å². The van der Waals surface area contributed by atoms with Crippen LogP contribution in [0.3, 0.4) is 0 Å². The van der Waals surface area contributed by atoms with E-state index < -0.39 is 4.92 Å². The molecule has 0 saturated carbocycles. The number of nitrogens with one attached hydrogen (secondary N) is 1. The standard InChI is InChI=1S/C14H14FN3O3/c1-9-7-11(5-6-12(9)15)21-8-10-3-2-4-13(18(19)20)14(10)17-16/h2-7,17H,8,16H2,1H3. The van der Waals surface area contributed by atoms with Crippen LogP contribution in [0, 0.1) is 22.9 Å². The molecular formula is C14H14FN3O3. The number of halogens is 1. The van der Waals surface area contributed by atoms with Crippen molar-refractivity contribution in [1.82, 2.24) is 0 Å². The van der Waals surface area contributed by atoms with Gasteiger partial charge in [-0.05, 0) is 30.7 Å². The molecule has 0 saturated heterocycles. The summed E-state index contributed by atoms with van der Waals surface area (Å²) in [6, 6.07) is 8.92. The van der Waals surface area contributed by atoms with Gasteiger partial charge in [0.1, 0.15) is 23.9 Å². The van der Waals surface area contributed by atoms with Gasteiger partial charge in [-0.3, -0.25) is 16.0 Å². The molecule has 3 N–H and O–H groups in total. The summed E-state index contributed by atoms with van der Waals surface area (Å²) in [7, 11) is 0. The Bertz CT molecular complexity index is 677. The summed E-state index contributed by atoms with van der Waals surface area (Å²) in [5, 5.41) is 10.9. The van der Waals surface area contributed by atoms with Crippen molar-refractivity contribution in [2.24, 2.45) is 5.84 Å². The van der Waals surface area contributed by atoms with Gasteiger partial charge in [-0.15, -0.1) is 0 Å². The van der Waals surface area contributed by atoms with Crippen LogP contribution in [-0.2, 0) is 6.61 Å². The second kappa shape index (κ2) is 6.19. The molecule has 110 valence electrons. The van der Waals surface area contributed by atoms with Crippen LogP contribution in [0.25, 0.3) is 0 Å². The molecule has 2 rings (SSSR count). The van der Waals surface area contributed by atoms with Crippen LogP contribution in [0.1, 0.15) is 11.1 Å². The molecule has 0 heterocycles. The number of hydrogen-bond acceptors (Lipinski definition) is 5. The van der Waals surface area contributed by atoms with Crippen LogP contribution in [-0.4, -0.2) is 4.92 Å². The lowest BCUT2D eigenvalue weighted by molar-refractivity contribution is -0.384. The highest BCUT2D eigenvalue weighted by molar-refractivity contribution is 5.65. The van der Waals surface area contributed by atoms with Crippen LogP contribution in [0.2, 0.25) is 0 Å². The average Bonchev–Trinajstić information content (AvgIpc) is 2.47. The fraction of sp³-hybridized carbons (Fsp3) is 0.143. The van der Waals surface area contributed by atoms with Gasteiger partial charge >= 0.3 is 0 Å². The molecule has 0 spiro atoms. The highest BCUT2D eigenvalue weighted by atomic mass is 19.1. The van der Waals surface area contributed by atoms with Gasteiger partial charge in [0.25, 0.3) is 5.69 Å². The monoisotopic (exact) mass is 291 g/mol. The average molecular weight is 291 g/mol. The lowest BCUT2D eigenvalue weighted by Gasteiger charge is -2.11. The number of nitrogens with zero attached hydrogens (tertiary/aromatic N) is 1. The molecule has 0 unspecified atom stereocenters. The van der Waals surface area contributed by atoms with Gasteiger partial charge in [0.2, 0.25) is 0 Å². The van der Waals surface area contributed by atoms with Crippen molar-refractivity contribution < 1.29 is 14.1 Å². The number of hydrazine groups is 1. The predicted octanol–water partition coefficient (Wildman–Crippen LogP) is 2.91. The number of hydrogen-bond donors (Lipinski definition) is 2. The summed E-state index contributed by atoms with van der Waals surface area (Å²) >= 11 is 0. The summed E-state index contributed by atoms with van der Waals surface area (Å²) in [6.07, 6.45) is 0. The lowest BCUT2D eigenvalue weighted by atomic mass is 10.1. The second-order valence-corrected chi connectivity index (χ2v) is 4.41. The third kappa shape index (κ3) is 3.26. The fourth-order valence-electron chi connectivity index (χ4n) is 1.89. The van der Waals surface area contributed by atoms with Crippen LogP contribution >= 0.6 is 0 Å². The predicted molar refractivity (Wildman–Crippen MR) is 76.4 cm³/mol. The Morgan fingerprint density at radius 2 is 2.14 bits per heavy atom. The highest BCUT2D eigenvalue weighted by Crippen LogP contribution is 2.28. The molecule has 0 radical (unpaired) electrons. The largest absolute Gasteiger partial charge is 0.489 e. The Labute approximate surface area is 120 Å². The number of ether oxygens (including phenoxy) is 1. The Morgan fingerprint density at radius 3 is 2.76 bits per heavy atom. The minimum Gasteiger partial charge on any atom is -0.489 e. The zero-order valence-electron chi connectivity index (χ0n) is 11.3. The summed E-state index contributed by atoms with van der Waals surface area (Å²) in [6.45, 7) is 1.70. The molecule has 0 amide bonds. The maximum absolute atomic E-state index is 13.2. The van der Waals surface area contributed by atoms with Crippen molar-refractivity contribution >= 4 is 11.4 Å². The Balaban J connectivity index is 2.21. The molecule has 0 atom stereocenters. The van der Waals surface area contributed by atoms with E-state index in [2.05, 4.69) is 5.43 Å². The Hall–Kier alpha value is -2.67. The van der Waals surface area contributed by atoms with E-state index in [-0.39, 0.29) is 23.8 Å². The van der Waals surface area contributed by atoms with Gasteiger partial charge in [-0.25, -0.2) is 4.39 Å². The van der Waals surface area contributed by atoms with E-state index in [9.17, 15) is 14.5 Å². The molecule has 6 nitrogen and oxygen atoms in total. The van der Waals surface area contributed by atoms with E-state index >= 15 is 0 Å². The summed E-state index contributed by atoms with van der Waals surface area (Å²) in [4.78, 5) is 10.4. The van der Waals surface area contributed by atoms with Gasteiger partial charge < -0.3 is 10.2 Å². The molecule has 2 aromatic carbocycles. The first-order valence-electron chi connectivity index (χ1n) is 6.14. The summed E-state index contributed by atoms with van der Waals surface area (Å²) < 4.78 is 18.7. The van der Waals surface area contributed by atoms with Crippen molar-refractivity contribution in [3.8, 4) is 5.75 Å². The summed E-state index contributed by atoms with van der Waals surface area (Å²) in [5.41, 5.74) is 3.38. The maximum atomic E-state index is 13.2. The molecular weight excluding hydrogens is 277 g/mol. The van der Waals surface area contributed by atoms with Gasteiger partial charge in [0.15, 0.2) is 0 Å². The highest BCUT2D eigenvalue weighted by Gasteiger charge is 2.16. The van der Waals surface area contributed by atoms with Gasteiger partial charge in [-0.2, -0.15) is 0 Å². The number of nitrogen functional groups attached to an aromatic ring is 1. The van der Waals surface area contributed by atoms with Crippen LogP contribution in [0.15, 0.2) is 36.4 Å². The van der Waals surface area contributed by atoms with E-state index in [1.54, 1.807) is 25.1 Å². The minimum atomic E-state index is -0.527. The third-order valence-electron chi connectivity index (χ3n) is 2.99. The molecule has 0 fully saturated rings. The SMILES string of the molecule is Cc1cc(OCc2cccc([N+](=O)[O-])c2NN)ccc1F. The summed E-state index contributed by atoms with van der Waals surface area (Å²) in [5.74, 6) is 5.50. The smallest absolute Gasteiger partial charge is 0.294 e. The van der Waals surface area contributed by atoms with Crippen molar-refractivity contribution in [3.63, 3.8) is 0 Å². The fourth-order valence-corrected chi connectivity index (χ4v) is 1.89.